The van der Waals surface area contributed by atoms with E-state index in [9.17, 15) is 9.59 Å². The third-order valence-corrected chi connectivity index (χ3v) is 9.15. The molecule has 0 unspecified atom stereocenters. The Bertz CT molecular complexity index is 1790. The molecule has 1 saturated heterocycles. The van der Waals surface area contributed by atoms with Crippen molar-refractivity contribution in [2.75, 3.05) is 19.8 Å². The fourth-order valence-electron chi connectivity index (χ4n) is 6.67. The van der Waals surface area contributed by atoms with Gasteiger partial charge in [0.05, 0.1) is 30.5 Å². The molecule has 0 N–H and O–H groups in total. The molecular weight excluding hydrogens is 572 g/mol. The van der Waals surface area contributed by atoms with Gasteiger partial charge in [-0.1, -0.05) is 60.7 Å². The number of aliphatic imine (C=N–C) groups is 1. The van der Waals surface area contributed by atoms with Crippen LogP contribution in [0, 0.1) is 6.92 Å². The third kappa shape index (κ3) is 6.00. The number of fused-ring (bicyclic) bond motifs is 4. The molecule has 4 aromatic carbocycles. The van der Waals surface area contributed by atoms with Crippen LogP contribution in [0.2, 0.25) is 0 Å². The minimum atomic E-state index is 0.0775. The molecular formula is C40H38N2O4. The molecule has 1 fully saturated rings. The number of unbranched alkanes of at least 4 members (excludes halogenated alkanes) is 3. The van der Waals surface area contributed by atoms with Crippen molar-refractivity contribution in [2.24, 2.45) is 4.99 Å². The second-order valence-corrected chi connectivity index (χ2v) is 12.3. The molecule has 0 spiro atoms. The molecule has 0 bridgehead atoms. The van der Waals surface area contributed by atoms with Gasteiger partial charge in [-0.2, -0.15) is 0 Å². The van der Waals surface area contributed by atoms with Gasteiger partial charge in [0.15, 0.2) is 5.78 Å². The molecule has 0 radical (unpaired) electrons. The average Bonchev–Trinajstić information content (AvgIpc) is 3.52. The first-order chi connectivity index (χ1) is 22.6. The Morgan fingerprint density at radius 1 is 0.783 bits per heavy atom. The van der Waals surface area contributed by atoms with E-state index >= 15 is 0 Å². The smallest absolute Gasteiger partial charge is 0.256 e. The van der Waals surface area contributed by atoms with Crippen LogP contribution in [0.15, 0.2) is 89.9 Å². The van der Waals surface area contributed by atoms with Crippen molar-refractivity contribution >= 4 is 35.2 Å². The number of nitrogens with zero attached hydrogens (tertiary/aromatic N) is 2. The summed E-state index contributed by atoms with van der Waals surface area (Å²) in [6.45, 7) is 4.10. The fraction of sp³-hybridized carbons (Fsp3) is 0.275. The number of benzene rings is 4. The number of carbonyl (C=O) groups excluding carboxylic acids is 2. The van der Waals surface area contributed by atoms with E-state index in [0.29, 0.717) is 24.5 Å². The maximum Gasteiger partial charge on any atom is 0.256 e. The van der Waals surface area contributed by atoms with Crippen LogP contribution in [0.1, 0.15) is 87.1 Å². The highest BCUT2D eigenvalue weighted by Gasteiger charge is 2.32. The first kappa shape index (κ1) is 29.7. The maximum absolute atomic E-state index is 13.0. The highest BCUT2D eigenvalue weighted by atomic mass is 16.5. The van der Waals surface area contributed by atoms with Crippen LogP contribution in [0.25, 0.3) is 11.6 Å². The lowest BCUT2D eigenvalue weighted by atomic mass is 9.81. The Morgan fingerprint density at radius 3 is 2.13 bits per heavy atom. The van der Waals surface area contributed by atoms with Crippen molar-refractivity contribution in [1.82, 2.24) is 4.90 Å². The van der Waals surface area contributed by atoms with Crippen LogP contribution in [0.5, 0.6) is 11.5 Å². The summed E-state index contributed by atoms with van der Waals surface area (Å²) < 4.78 is 12.1. The molecule has 46 heavy (non-hydrogen) atoms. The zero-order valence-electron chi connectivity index (χ0n) is 26.2. The predicted molar refractivity (Wildman–Crippen MR) is 183 cm³/mol. The van der Waals surface area contributed by atoms with Gasteiger partial charge in [-0.05, 0) is 97.6 Å². The first-order valence-electron chi connectivity index (χ1n) is 16.4. The number of ether oxygens (including phenoxy) is 2. The van der Waals surface area contributed by atoms with E-state index in [-0.39, 0.29) is 17.7 Å². The summed E-state index contributed by atoms with van der Waals surface area (Å²) in [4.78, 5) is 32.6. The quantitative estimate of drug-likeness (QED) is 0.149. The lowest BCUT2D eigenvalue weighted by Crippen LogP contribution is -2.35. The minimum Gasteiger partial charge on any atom is -0.494 e. The van der Waals surface area contributed by atoms with Crippen LogP contribution in [0.4, 0.5) is 5.69 Å². The fourth-order valence-corrected chi connectivity index (χ4v) is 6.67. The molecule has 3 aliphatic rings. The first-order valence-corrected chi connectivity index (χ1v) is 16.4. The molecule has 4 aromatic rings. The Labute approximate surface area is 270 Å². The lowest BCUT2D eigenvalue weighted by molar-refractivity contribution is 0.0774. The van der Waals surface area contributed by atoms with Gasteiger partial charge in [0.1, 0.15) is 11.5 Å². The number of carbonyl (C=O) groups is 2. The maximum atomic E-state index is 13.0. The Hall–Kier alpha value is -4.97. The molecule has 0 aromatic heterocycles. The Balaban J connectivity index is 0.873. The van der Waals surface area contributed by atoms with Crippen molar-refractivity contribution in [3.63, 3.8) is 0 Å². The van der Waals surface area contributed by atoms with Gasteiger partial charge in [-0.15, -0.1) is 0 Å². The highest BCUT2D eigenvalue weighted by molar-refractivity contribution is 6.20. The van der Waals surface area contributed by atoms with Crippen LogP contribution in [-0.4, -0.2) is 48.6 Å². The average molecular weight is 611 g/mol. The number of hydrogen-bond donors (Lipinski definition) is 0. The van der Waals surface area contributed by atoms with E-state index in [0.717, 1.165) is 95.5 Å². The van der Waals surface area contributed by atoms with E-state index in [1.165, 1.54) is 0 Å². The third-order valence-electron chi connectivity index (χ3n) is 9.15. The number of aryl methyl sites for hydroxylation is 1. The summed E-state index contributed by atoms with van der Waals surface area (Å²) in [5, 5.41) is 0. The second-order valence-electron chi connectivity index (χ2n) is 12.3. The van der Waals surface area contributed by atoms with Crippen LogP contribution in [0.3, 0.4) is 0 Å². The summed E-state index contributed by atoms with van der Waals surface area (Å²) in [5.74, 6) is 1.81. The van der Waals surface area contributed by atoms with E-state index in [1.807, 2.05) is 90.8 Å². The largest absolute Gasteiger partial charge is 0.494 e. The lowest BCUT2D eigenvalue weighted by Gasteiger charge is -2.21. The number of hydrogen-bond acceptors (Lipinski definition) is 5. The summed E-state index contributed by atoms with van der Waals surface area (Å²) >= 11 is 0. The van der Waals surface area contributed by atoms with Crippen LogP contribution < -0.4 is 9.47 Å². The molecule has 7 rings (SSSR count). The summed E-state index contributed by atoms with van der Waals surface area (Å²) in [6, 6.07) is 27.8. The van der Waals surface area contributed by atoms with Crippen LogP contribution >= 0.6 is 0 Å². The predicted octanol–water partition coefficient (Wildman–Crippen LogP) is 8.47. The molecule has 1 atom stereocenters. The van der Waals surface area contributed by atoms with Crippen molar-refractivity contribution in [2.45, 2.75) is 51.5 Å². The molecule has 2 heterocycles. The standard InChI is InChI=1S/C40H38N2O4/c1-27-23-36-37(41-26-29-11-10-20-42(29)40(36)44)25-38(27)46-22-9-3-2-8-21-45-30-18-16-28(17-19-30)24-35-31-12-4-6-14-33(31)39(43)34-15-7-5-13-32(34)35/h4-7,12-19,23-26,29H,2-3,8-11,20-22H2,1H3/t29-/m0/s1. The van der Waals surface area contributed by atoms with E-state index < -0.39 is 0 Å². The summed E-state index contributed by atoms with van der Waals surface area (Å²) in [7, 11) is 0. The van der Waals surface area contributed by atoms with E-state index in [1.54, 1.807) is 0 Å². The molecule has 0 saturated carbocycles. The Kier molecular flexibility index (Phi) is 8.51. The molecule has 6 heteroatoms. The minimum absolute atomic E-state index is 0.0775. The highest BCUT2D eigenvalue weighted by Crippen LogP contribution is 2.37. The van der Waals surface area contributed by atoms with Crippen molar-refractivity contribution in [1.29, 1.82) is 0 Å². The molecule has 1 amide bonds. The van der Waals surface area contributed by atoms with E-state index in [2.05, 4.69) is 23.2 Å². The van der Waals surface area contributed by atoms with Gasteiger partial charge in [0.25, 0.3) is 5.91 Å². The van der Waals surface area contributed by atoms with Crippen molar-refractivity contribution in [3.8, 4) is 11.5 Å². The monoisotopic (exact) mass is 610 g/mol. The van der Waals surface area contributed by atoms with Gasteiger partial charge in [0.2, 0.25) is 0 Å². The van der Waals surface area contributed by atoms with Gasteiger partial charge in [-0.25, -0.2) is 0 Å². The van der Waals surface area contributed by atoms with Gasteiger partial charge in [0, 0.05) is 30.0 Å². The molecule has 2 aliphatic heterocycles. The number of ketones is 1. The van der Waals surface area contributed by atoms with Gasteiger partial charge >= 0.3 is 0 Å². The number of amides is 1. The van der Waals surface area contributed by atoms with Gasteiger partial charge in [-0.3, -0.25) is 14.6 Å². The summed E-state index contributed by atoms with van der Waals surface area (Å²) in [6.07, 6.45) is 10.1. The number of rotatable bonds is 10. The van der Waals surface area contributed by atoms with Crippen molar-refractivity contribution in [3.05, 3.63) is 124 Å². The molecule has 232 valence electrons. The zero-order valence-corrected chi connectivity index (χ0v) is 26.2. The zero-order chi connectivity index (χ0) is 31.5. The van der Waals surface area contributed by atoms with Crippen LogP contribution in [-0.2, 0) is 0 Å². The topological polar surface area (TPSA) is 68.2 Å². The SMILES string of the molecule is Cc1cc2c(cc1OCCCCCCOc1ccc(C=C3c4ccccc4C(=O)c4ccccc43)cc1)N=C[C@@H]1CCCN1C2=O. The van der Waals surface area contributed by atoms with Gasteiger partial charge < -0.3 is 14.4 Å². The van der Waals surface area contributed by atoms with E-state index in [4.69, 9.17) is 9.47 Å². The Morgan fingerprint density at radius 2 is 1.43 bits per heavy atom. The molecule has 1 aliphatic carbocycles. The molecule has 6 nitrogen and oxygen atoms in total. The van der Waals surface area contributed by atoms with Crippen molar-refractivity contribution < 1.29 is 19.1 Å². The second kappa shape index (κ2) is 13.2. The normalized spacial score (nSPS) is 16.3. The summed E-state index contributed by atoms with van der Waals surface area (Å²) in [5.41, 5.74) is 7.91.